The summed E-state index contributed by atoms with van der Waals surface area (Å²) in [5.41, 5.74) is 12.9. The second-order valence-electron chi connectivity index (χ2n) is 15.7. The molecule has 0 unspecified atom stereocenters. The molecular formula is C44H47N2OPtS-. The van der Waals surface area contributed by atoms with Crippen LogP contribution in [0.1, 0.15) is 103 Å². The maximum Gasteiger partial charge on any atom is 0.127 e. The van der Waals surface area contributed by atoms with Crippen LogP contribution in [0.25, 0.3) is 54.3 Å². The second-order valence-corrected chi connectivity index (χ2v) is 16.7. The third-order valence-corrected chi connectivity index (χ3v) is 10.2. The van der Waals surface area contributed by atoms with E-state index in [0.717, 1.165) is 48.7 Å². The van der Waals surface area contributed by atoms with Crippen molar-refractivity contribution < 1.29 is 26.2 Å². The zero-order valence-electron chi connectivity index (χ0n) is 30.3. The Kier molecular flexibility index (Phi) is 10.5. The summed E-state index contributed by atoms with van der Waals surface area (Å²) in [5.74, 6) is 1.12. The Morgan fingerprint density at radius 1 is 0.673 bits per heavy atom. The number of benzene rings is 4. The number of phenols is 1. The van der Waals surface area contributed by atoms with Gasteiger partial charge in [0.15, 0.2) is 0 Å². The predicted molar refractivity (Wildman–Crippen MR) is 205 cm³/mol. The Balaban J connectivity index is 0.00000468. The molecule has 0 fully saturated rings. The first-order valence-electron chi connectivity index (χ1n) is 17.0. The molecule has 0 saturated heterocycles. The van der Waals surface area contributed by atoms with E-state index in [0.29, 0.717) is 11.8 Å². The van der Waals surface area contributed by atoms with E-state index in [-0.39, 0.29) is 37.6 Å². The maximum atomic E-state index is 10.6. The van der Waals surface area contributed by atoms with E-state index in [4.69, 9.17) is 9.97 Å². The standard InChI is InChI=1S/C44H47N2OS.Pt/c1-26(2)29-20-30(27(3)4)22-31(21-29)28-18-19-45-38(23-28)35-24-34(36(43(5,6)7)25-37(35)44(8,9)10)32-15-13-17-40-41(32)46-42(48-40)33-14-11-12-16-39(33)47;/h11-23,25-27,47H,1-10H3;/q-1;. The molecule has 0 saturated carbocycles. The molecule has 6 rings (SSSR count). The molecule has 0 bridgehead atoms. The van der Waals surface area contributed by atoms with Gasteiger partial charge in [-0.3, -0.25) is 4.98 Å². The number of thiazole rings is 1. The molecular weight excluding hydrogens is 800 g/mol. The fourth-order valence-corrected chi connectivity index (χ4v) is 7.35. The number of phenolic OH excluding ortho intramolecular Hbond substituents is 1. The van der Waals surface area contributed by atoms with Crippen molar-refractivity contribution in [1.29, 1.82) is 0 Å². The monoisotopic (exact) mass is 846 g/mol. The molecule has 0 aliphatic carbocycles. The van der Waals surface area contributed by atoms with Gasteiger partial charge in [0.25, 0.3) is 0 Å². The summed E-state index contributed by atoms with van der Waals surface area (Å²) in [4.78, 5) is 10.1. The van der Waals surface area contributed by atoms with Crippen molar-refractivity contribution in [2.24, 2.45) is 0 Å². The minimum absolute atomic E-state index is 0. The minimum atomic E-state index is -0.150. The predicted octanol–water partition coefficient (Wildman–Crippen LogP) is 12.7. The van der Waals surface area contributed by atoms with Crippen LogP contribution in [0.5, 0.6) is 5.75 Å². The zero-order valence-corrected chi connectivity index (χ0v) is 33.4. The zero-order chi connectivity index (χ0) is 34.5. The van der Waals surface area contributed by atoms with Crippen molar-refractivity contribution in [3.05, 3.63) is 113 Å². The third-order valence-electron chi connectivity index (χ3n) is 9.18. The first-order valence-corrected chi connectivity index (χ1v) is 17.8. The summed E-state index contributed by atoms with van der Waals surface area (Å²) in [6.45, 7) is 22.7. The SMILES string of the molecule is CC(C)c1cc(-c2ccnc(-c3[c-]c(-c4cccc5sc(-c6ccccc6O)nc45)c(C(C)(C)C)cc3C(C)(C)C)c2)cc(C(C)C)c1.[Pt]. The normalized spacial score (nSPS) is 12.2. The summed E-state index contributed by atoms with van der Waals surface area (Å²) < 4.78 is 1.08. The van der Waals surface area contributed by atoms with Crippen molar-refractivity contribution in [3.63, 3.8) is 0 Å². The Labute approximate surface area is 311 Å². The van der Waals surface area contributed by atoms with Crippen LogP contribution in [0, 0.1) is 6.07 Å². The van der Waals surface area contributed by atoms with E-state index in [1.165, 1.54) is 27.8 Å². The molecule has 4 aromatic carbocycles. The molecule has 0 amide bonds. The van der Waals surface area contributed by atoms with Crippen molar-refractivity contribution in [3.8, 4) is 49.8 Å². The van der Waals surface area contributed by atoms with Crippen LogP contribution in [0.3, 0.4) is 0 Å². The molecule has 2 heterocycles. The number of pyridine rings is 1. The average Bonchev–Trinajstić information content (AvgIpc) is 3.48. The van der Waals surface area contributed by atoms with Crippen LogP contribution >= 0.6 is 11.3 Å². The second kappa shape index (κ2) is 14.0. The Morgan fingerprint density at radius 2 is 1.29 bits per heavy atom. The van der Waals surface area contributed by atoms with Gasteiger partial charge in [0, 0.05) is 37.7 Å². The Morgan fingerprint density at radius 3 is 1.90 bits per heavy atom. The van der Waals surface area contributed by atoms with Gasteiger partial charge in [-0.1, -0.05) is 129 Å². The summed E-state index contributed by atoms with van der Waals surface area (Å²) in [6, 6.07) is 31.6. The van der Waals surface area contributed by atoms with Gasteiger partial charge in [-0.15, -0.1) is 40.2 Å². The van der Waals surface area contributed by atoms with Gasteiger partial charge in [0.1, 0.15) is 10.8 Å². The van der Waals surface area contributed by atoms with Crippen LogP contribution in [0.2, 0.25) is 0 Å². The van der Waals surface area contributed by atoms with Gasteiger partial charge < -0.3 is 5.11 Å². The number of rotatable bonds is 6. The number of fused-ring (bicyclic) bond motifs is 1. The van der Waals surface area contributed by atoms with Crippen molar-refractivity contribution >= 4 is 21.6 Å². The quantitative estimate of drug-likeness (QED) is 0.170. The van der Waals surface area contributed by atoms with Gasteiger partial charge in [-0.2, -0.15) is 0 Å². The fraction of sp³-hybridized carbons (Fsp3) is 0.318. The number of aromatic nitrogens is 2. The average molecular weight is 847 g/mol. The number of aromatic hydroxyl groups is 1. The molecule has 1 N–H and O–H groups in total. The van der Waals surface area contributed by atoms with E-state index in [2.05, 4.69) is 130 Å². The van der Waals surface area contributed by atoms with E-state index in [1.54, 1.807) is 17.4 Å². The van der Waals surface area contributed by atoms with Gasteiger partial charge in [0.05, 0.1) is 11.1 Å². The summed E-state index contributed by atoms with van der Waals surface area (Å²) >= 11 is 1.60. The first-order chi connectivity index (χ1) is 22.6. The third kappa shape index (κ3) is 7.47. The smallest absolute Gasteiger partial charge is 0.127 e. The van der Waals surface area contributed by atoms with E-state index >= 15 is 0 Å². The van der Waals surface area contributed by atoms with Crippen LogP contribution in [-0.4, -0.2) is 15.1 Å². The van der Waals surface area contributed by atoms with Crippen LogP contribution in [0.15, 0.2) is 85.1 Å². The van der Waals surface area contributed by atoms with Gasteiger partial charge in [-0.25, -0.2) is 4.98 Å². The van der Waals surface area contributed by atoms with Crippen LogP contribution in [0.4, 0.5) is 0 Å². The summed E-state index contributed by atoms with van der Waals surface area (Å²) in [7, 11) is 0. The molecule has 0 aliphatic heterocycles. The Bertz CT molecular complexity index is 2100. The Hall–Kier alpha value is -3.59. The molecule has 6 aromatic rings. The molecule has 0 aliphatic rings. The number of hydrogen-bond acceptors (Lipinski definition) is 4. The summed E-state index contributed by atoms with van der Waals surface area (Å²) in [6.07, 6.45) is 1.94. The molecule has 0 atom stereocenters. The minimum Gasteiger partial charge on any atom is -0.507 e. The molecule has 256 valence electrons. The summed E-state index contributed by atoms with van der Waals surface area (Å²) in [5, 5.41) is 11.4. The molecule has 49 heavy (non-hydrogen) atoms. The molecule has 3 nitrogen and oxygen atoms in total. The van der Waals surface area contributed by atoms with E-state index < -0.39 is 0 Å². The molecule has 0 radical (unpaired) electrons. The largest absolute Gasteiger partial charge is 0.507 e. The molecule has 0 spiro atoms. The van der Waals surface area contributed by atoms with E-state index in [9.17, 15) is 5.11 Å². The van der Waals surface area contributed by atoms with Gasteiger partial charge in [-0.05, 0) is 69.2 Å². The number of para-hydroxylation sites is 2. The first kappa shape index (κ1) is 36.7. The van der Waals surface area contributed by atoms with Crippen molar-refractivity contribution in [1.82, 2.24) is 9.97 Å². The van der Waals surface area contributed by atoms with Gasteiger partial charge in [0.2, 0.25) is 0 Å². The molecule has 2 aromatic heterocycles. The fourth-order valence-electron chi connectivity index (χ4n) is 6.32. The maximum absolute atomic E-state index is 10.6. The molecule has 5 heteroatoms. The van der Waals surface area contributed by atoms with E-state index in [1.807, 2.05) is 24.4 Å². The number of hydrogen-bond donors (Lipinski definition) is 1. The van der Waals surface area contributed by atoms with Crippen LogP contribution in [-0.2, 0) is 31.9 Å². The van der Waals surface area contributed by atoms with Crippen molar-refractivity contribution in [2.75, 3.05) is 0 Å². The van der Waals surface area contributed by atoms with Crippen LogP contribution < -0.4 is 0 Å². The topological polar surface area (TPSA) is 46.0 Å². The van der Waals surface area contributed by atoms with Gasteiger partial charge >= 0.3 is 0 Å². The number of nitrogens with zero attached hydrogens (tertiary/aromatic N) is 2. The van der Waals surface area contributed by atoms with Crippen molar-refractivity contribution in [2.45, 2.75) is 91.9 Å².